The van der Waals surface area contributed by atoms with Crippen LogP contribution < -0.4 is 4.74 Å². The van der Waals surface area contributed by atoms with Gasteiger partial charge in [-0.25, -0.2) is 0 Å². The molecule has 0 unspecified atom stereocenters. The van der Waals surface area contributed by atoms with Gasteiger partial charge in [0.25, 0.3) is 0 Å². The maximum Gasteiger partial charge on any atom is 0.132 e. The van der Waals surface area contributed by atoms with E-state index in [9.17, 15) is 10.5 Å². The lowest BCUT2D eigenvalue weighted by molar-refractivity contribution is 0.436. The van der Waals surface area contributed by atoms with Crippen LogP contribution in [0.15, 0.2) is 207 Å². The predicted octanol–water partition coefficient (Wildman–Crippen LogP) is 14.2. The number of fused-ring (bicyclic) bond motifs is 15. The van der Waals surface area contributed by atoms with Crippen molar-refractivity contribution in [1.29, 1.82) is 10.5 Å². The molecule has 7 nitrogen and oxygen atoms in total. The second-order valence-electron chi connectivity index (χ2n) is 17.6. The van der Waals surface area contributed by atoms with Crippen LogP contribution >= 0.6 is 0 Å². The van der Waals surface area contributed by atoms with Gasteiger partial charge in [0, 0.05) is 56.4 Å². The zero-order valence-corrected chi connectivity index (χ0v) is 36.2. The molecule has 2 aliphatic rings. The Labute approximate surface area is 390 Å². The van der Waals surface area contributed by atoms with E-state index in [1.165, 1.54) is 0 Å². The quantitative estimate of drug-likeness (QED) is 0.176. The third-order valence-electron chi connectivity index (χ3n) is 14.1. The van der Waals surface area contributed by atoms with Crippen LogP contribution in [0.2, 0.25) is 0 Å². The average Bonchev–Trinajstić information content (AvgIpc) is 4.02. The number of nitriles is 2. The molecule has 5 heterocycles. The lowest BCUT2D eigenvalue weighted by atomic mass is 9.66. The Kier molecular flexibility index (Phi) is 7.90. The molecule has 0 atom stereocenters. The molecule has 0 bridgehead atoms. The topological polar surface area (TPSA) is 92.4 Å². The zero-order chi connectivity index (χ0) is 45.1. The van der Waals surface area contributed by atoms with Crippen molar-refractivity contribution in [3.63, 3.8) is 0 Å². The molecule has 0 amide bonds. The molecule has 8 aromatic carbocycles. The second kappa shape index (κ2) is 14.2. The average molecular weight is 867 g/mol. The molecule has 12 aromatic rings. The summed E-state index contributed by atoms with van der Waals surface area (Å²) < 4.78 is 11.6. The minimum Gasteiger partial charge on any atom is -0.457 e. The van der Waals surface area contributed by atoms with Crippen molar-refractivity contribution in [3.05, 3.63) is 240 Å². The second-order valence-corrected chi connectivity index (χ2v) is 17.6. The van der Waals surface area contributed by atoms with E-state index in [0.717, 1.165) is 122 Å². The first-order chi connectivity index (χ1) is 33.6. The first-order valence-corrected chi connectivity index (χ1v) is 22.6. The summed E-state index contributed by atoms with van der Waals surface area (Å²) in [6, 6.07) is 72.1. The fourth-order valence-electron chi connectivity index (χ4n) is 11.2. The highest BCUT2D eigenvalue weighted by atomic mass is 16.5. The van der Waals surface area contributed by atoms with Gasteiger partial charge in [0.15, 0.2) is 0 Å². The van der Waals surface area contributed by atoms with Gasteiger partial charge in [-0.2, -0.15) is 10.5 Å². The fourth-order valence-corrected chi connectivity index (χ4v) is 11.2. The van der Waals surface area contributed by atoms with Gasteiger partial charge in [-0.3, -0.25) is 9.97 Å². The lowest BCUT2D eigenvalue weighted by Crippen LogP contribution is -2.32. The van der Waals surface area contributed by atoms with Crippen LogP contribution in [0.3, 0.4) is 0 Å². The number of aromatic nitrogens is 4. The number of hydrogen-bond donors (Lipinski definition) is 0. The number of nitrogens with zero attached hydrogens (tertiary/aromatic N) is 6. The van der Waals surface area contributed by atoms with E-state index in [-0.39, 0.29) is 0 Å². The Hall–Kier alpha value is -9.56. The van der Waals surface area contributed by atoms with E-state index < -0.39 is 5.41 Å². The summed E-state index contributed by atoms with van der Waals surface area (Å²) in [5, 5.41) is 24.1. The smallest absolute Gasteiger partial charge is 0.132 e. The zero-order valence-electron chi connectivity index (χ0n) is 36.2. The minimum atomic E-state index is -0.791. The van der Waals surface area contributed by atoms with Crippen molar-refractivity contribution in [1.82, 2.24) is 19.1 Å². The van der Waals surface area contributed by atoms with Crippen molar-refractivity contribution < 1.29 is 4.74 Å². The van der Waals surface area contributed by atoms with E-state index in [1.54, 1.807) is 0 Å². The predicted molar refractivity (Wildman–Crippen MR) is 268 cm³/mol. The standard InChI is InChI=1S/C61H34N6O/c62-35-37-15-22-53-45(29-37)47-31-39(18-24-55(47)66(53)43-9-3-1-4-10-43)41-20-26-57-52(33-41)61(50-13-7-27-64-59(50)60-51(61)14-8-28-65-60)49-21-17-42(34-58(49)68-57)40-19-25-56-48(32-40)46-30-38(36-63)16-23-54(46)67(56)44-11-5-2-6-12-44/h1-34H. The van der Waals surface area contributed by atoms with Crippen LogP contribution in [0.25, 0.3) is 88.6 Å². The third kappa shape index (κ3) is 5.21. The molecule has 1 aliphatic carbocycles. The Morgan fingerprint density at radius 3 is 1.37 bits per heavy atom. The molecule has 68 heavy (non-hydrogen) atoms. The van der Waals surface area contributed by atoms with Gasteiger partial charge in [0.05, 0.1) is 62.1 Å². The lowest BCUT2D eigenvalue weighted by Gasteiger charge is -2.39. The summed E-state index contributed by atoms with van der Waals surface area (Å²) in [6.07, 6.45) is 3.70. The number of ether oxygens (including phenoxy) is 1. The Morgan fingerprint density at radius 1 is 0.382 bits per heavy atom. The summed E-state index contributed by atoms with van der Waals surface area (Å²) in [7, 11) is 0. The molecule has 1 spiro atoms. The van der Waals surface area contributed by atoms with Crippen LogP contribution in [0.5, 0.6) is 11.5 Å². The molecule has 0 fully saturated rings. The summed E-state index contributed by atoms with van der Waals surface area (Å²) in [5.74, 6) is 1.52. The maximum atomic E-state index is 9.96. The Morgan fingerprint density at radius 2 is 0.838 bits per heavy atom. The van der Waals surface area contributed by atoms with E-state index in [1.807, 2.05) is 67.0 Å². The van der Waals surface area contributed by atoms with Crippen LogP contribution in [0, 0.1) is 22.7 Å². The van der Waals surface area contributed by atoms with Gasteiger partial charge in [0.1, 0.15) is 11.5 Å². The number of hydrogen-bond acceptors (Lipinski definition) is 5. The number of benzene rings is 8. The molecular formula is C61H34N6O. The maximum absolute atomic E-state index is 9.96. The van der Waals surface area contributed by atoms with Crippen molar-refractivity contribution >= 4 is 43.6 Å². The largest absolute Gasteiger partial charge is 0.457 e. The molecule has 1 aliphatic heterocycles. The van der Waals surface area contributed by atoms with Gasteiger partial charge in [-0.05, 0) is 149 Å². The normalized spacial score (nSPS) is 12.9. The highest BCUT2D eigenvalue weighted by Crippen LogP contribution is 2.62. The van der Waals surface area contributed by atoms with Crippen molar-refractivity contribution in [2.24, 2.45) is 0 Å². The van der Waals surface area contributed by atoms with E-state index >= 15 is 0 Å². The molecule has 0 saturated heterocycles. The molecule has 314 valence electrons. The van der Waals surface area contributed by atoms with Crippen molar-refractivity contribution in [3.8, 4) is 68.7 Å². The SMILES string of the molecule is N#Cc1ccc2c(c1)c1cc(-c3ccc4c(c3)Oc3ccc(-c5ccc6c(c5)c5cc(C#N)ccc5n6-c5ccccc5)cc3C43c4cccnc4-c4ncccc43)ccc1n2-c1ccccc1. The van der Waals surface area contributed by atoms with Crippen LogP contribution in [-0.2, 0) is 5.41 Å². The van der Waals surface area contributed by atoms with E-state index in [0.29, 0.717) is 11.1 Å². The van der Waals surface area contributed by atoms with Crippen LogP contribution in [0.4, 0.5) is 0 Å². The Bertz CT molecular complexity index is 4160. The molecule has 0 saturated carbocycles. The number of para-hydroxylation sites is 2. The van der Waals surface area contributed by atoms with E-state index in [2.05, 4.69) is 161 Å². The Balaban J connectivity index is 0.960. The van der Waals surface area contributed by atoms with Crippen molar-refractivity contribution in [2.45, 2.75) is 5.41 Å². The molecule has 0 N–H and O–H groups in total. The minimum absolute atomic E-state index is 0.621. The summed E-state index contributed by atoms with van der Waals surface area (Å²) >= 11 is 0. The first-order valence-electron chi connectivity index (χ1n) is 22.6. The number of pyridine rings is 2. The fraction of sp³-hybridized carbons (Fsp3) is 0.0164. The summed E-state index contributed by atoms with van der Waals surface area (Å²) in [4.78, 5) is 9.97. The molecule has 4 aromatic heterocycles. The van der Waals surface area contributed by atoms with Gasteiger partial charge >= 0.3 is 0 Å². The molecular weight excluding hydrogens is 833 g/mol. The summed E-state index contributed by atoms with van der Waals surface area (Å²) in [6.45, 7) is 0. The number of rotatable bonds is 4. The highest BCUT2D eigenvalue weighted by Gasteiger charge is 2.52. The van der Waals surface area contributed by atoms with Crippen LogP contribution in [-0.4, -0.2) is 19.1 Å². The highest BCUT2D eigenvalue weighted by molar-refractivity contribution is 6.12. The summed E-state index contributed by atoms with van der Waals surface area (Å²) in [5.41, 5.74) is 16.8. The van der Waals surface area contributed by atoms with Gasteiger partial charge in [-0.15, -0.1) is 0 Å². The monoisotopic (exact) mass is 866 g/mol. The third-order valence-corrected chi connectivity index (χ3v) is 14.1. The molecule has 0 radical (unpaired) electrons. The van der Waals surface area contributed by atoms with Gasteiger partial charge in [-0.1, -0.05) is 78.9 Å². The van der Waals surface area contributed by atoms with E-state index in [4.69, 9.17) is 14.7 Å². The van der Waals surface area contributed by atoms with Gasteiger partial charge in [0.2, 0.25) is 0 Å². The molecule has 7 heteroatoms. The molecule has 14 rings (SSSR count). The first kappa shape index (κ1) is 37.8. The van der Waals surface area contributed by atoms with Crippen LogP contribution in [0.1, 0.15) is 33.4 Å². The van der Waals surface area contributed by atoms with Crippen molar-refractivity contribution in [2.75, 3.05) is 0 Å². The van der Waals surface area contributed by atoms with Gasteiger partial charge < -0.3 is 13.9 Å².